The lowest BCUT2D eigenvalue weighted by molar-refractivity contribution is 0.150. The van der Waals surface area contributed by atoms with Gasteiger partial charge in [0.2, 0.25) is 0 Å². The van der Waals surface area contributed by atoms with Gasteiger partial charge < -0.3 is 10.5 Å². The molecular formula is C10H13NO2. The Kier molecular flexibility index (Phi) is 2.90. The molecular weight excluding hydrogens is 166 g/mol. The van der Waals surface area contributed by atoms with Crippen LogP contribution in [0.2, 0.25) is 0 Å². The highest BCUT2D eigenvalue weighted by Gasteiger charge is 2.01. The third kappa shape index (κ3) is 2.47. The second-order valence-corrected chi connectivity index (χ2v) is 2.97. The Morgan fingerprint density at radius 3 is 2.77 bits per heavy atom. The first-order valence-corrected chi connectivity index (χ1v) is 4.08. The summed E-state index contributed by atoms with van der Waals surface area (Å²) in [5, 5.41) is 0. The van der Waals surface area contributed by atoms with Crippen molar-refractivity contribution in [3.8, 4) is 0 Å². The summed E-state index contributed by atoms with van der Waals surface area (Å²) in [5.74, 6) is 0. The van der Waals surface area contributed by atoms with E-state index >= 15 is 0 Å². The average Bonchev–Trinajstić information content (AvgIpc) is 2.07. The Hall–Kier alpha value is -1.51. The van der Waals surface area contributed by atoms with Crippen molar-refractivity contribution >= 4 is 6.09 Å². The molecule has 1 amide bonds. The quantitative estimate of drug-likeness (QED) is 0.753. The number of ether oxygens (including phenoxy) is 1. The lowest BCUT2D eigenvalue weighted by Gasteiger charge is -2.07. The number of carbonyl (C=O) groups is 1. The molecule has 0 aliphatic carbocycles. The summed E-state index contributed by atoms with van der Waals surface area (Å²) in [7, 11) is 0. The molecule has 1 aromatic rings. The van der Waals surface area contributed by atoms with Gasteiger partial charge in [-0.25, -0.2) is 4.79 Å². The van der Waals surface area contributed by atoms with Crippen LogP contribution in [0.15, 0.2) is 18.2 Å². The van der Waals surface area contributed by atoms with E-state index in [4.69, 9.17) is 10.5 Å². The lowest BCUT2D eigenvalue weighted by atomic mass is 10.0. The van der Waals surface area contributed by atoms with Crippen molar-refractivity contribution in [1.29, 1.82) is 0 Å². The van der Waals surface area contributed by atoms with Crippen molar-refractivity contribution in [2.75, 3.05) is 0 Å². The third-order valence-corrected chi connectivity index (χ3v) is 2.09. The summed E-state index contributed by atoms with van der Waals surface area (Å²) in [5.41, 5.74) is 8.19. The highest BCUT2D eigenvalue weighted by molar-refractivity contribution is 5.64. The van der Waals surface area contributed by atoms with E-state index in [9.17, 15) is 4.79 Å². The number of amides is 1. The fourth-order valence-corrected chi connectivity index (χ4v) is 1.12. The molecule has 0 aliphatic heterocycles. The molecule has 0 aromatic heterocycles. The molecule has 3 nitrogen and oxygen atoms in total. The summed E-state index contributed by atoms with van der Waals surface area (Å²) < 4.78 is 4.70. The van der Waals surface area contributed by atoms with Crippen LogP contribution in [-0.2, 0) is 11.3 Å². The molecule has 13 heavy (non-hydrogen) atoms. The van der Waals surface area contributed by atoms with Crippen LogP contribution in [0.3, 0.4) is 0 Å². The molecule has 0 atom stereocenters. The molecule has 0 saturated carbocycles. The molecule has 0 aliphatic rings. The molecule has 0 bridgehead atoms. The Morgan fingerprint density at radius 1 is 1.46 bits per heavy atom. The lowest BCUT2D eigenvalue weighted by Crippen LogP contribution is -2.13. The van der Waals surface area contributed by atoms with Gasteiger partial charge in [-0.2, -0.15) is 0 Å². The fourth-order valence-electron chi connectivity index (χ4n) is 1.12. The summed E-state index contributed by atoms with van der Waals surface area (Å²) in [4.78, 5) is 10.4. The maximum Gasteiger partial charge on any atom is 0.404 e. The second kappa shape index (κ2) is 3.94. The van der Waals surface area contributed by atoms with Crippen molar-refractivity contribution in [3.63, 3.8) is 0 Å². The van der Waals surface area contributed by atoms with E-state index in [1.165, 1.54) is 5.56 Å². The first-order valence-electron chi connectivity index (χ1n) is 4.08. The van der Waals surface area contributed by atoms with Crippen LogP contribution in [0.25, 0.3) is 0 Å². The van der Waals surface area contributed by atoms with Crippen molar-refractivity contribution in [2.24, 2.45) is 5.73 Å². The zero-order valence-corrected chi connectivity index (χ0v) is 7.83. The molecule has 0 radical (unpaired) electrons. The summed E-state index contributed by atoms with van der Waals surface area (Å²) in [6, 6.07) is 5.87. The Bertz CT molecular complexity index is 321. The standard InChI is InChI=1S/C10H13NO2/c1-7-4-3-5-9(8(7)2)6-13-10(11)12/h3-5H,6H2,1-2H3,(H2,11,12). The minimum Gasteiger partial charge on any atom is -0.445 e. The number of hydrogen-bond acceptors (Lipinski definition) is 2. The normalized spacial score (nSPS) is 9.69. The van der Waals surface area contributed by atoms with Crippen molar-refractivity contribution < 1.29 is 9.53 Å². The van der Waals surface area contributed by atoms with Crippen LogP contribution in [0, 0.1) is 13.8 Å². The SMILES string of the molecule is Cc1cccc(COC(N)=O)c1C. The number of benzene rings is 1. The molecule has 0 heterocycles. The largest absolute Gasteiger partial charge is 0.445 e. The van der Waals surface area contributed by atoms with Gasteiger partial charge >= 0.3 is 6.09 Å². The molecule has 1 rings (SSSR count). The van der Waals surface area contributed by atoms with Crippen LogP contribution in [0.5, 0.6) is 0 Å². The number of primary amides is 1. The number of carbonyl (C=O) groups excluding carboxylic acids is 1. The smallest absolute Gasteiger partial charge is 0.404 e. The number of hydrogen-bond donors (Lipinski definition) is 1. The minimum atomic E-state index is -0.735. The number of rotatable bonds is 2. The summed E-state index contributed by atoms with van der Waals surface area (Å²) in [6.07, 6.45) is -0.735. The number of aryl methyl sites for hydroxylation is 1. The topological polar surface area (TPSA) is 52.3 Å². The van der Waals surface area contributed by atoms with Gasteiger partial charge in [0.1, 0.15) is 6.61 Å². The Balaban J connectivity index is 2.77. The first kappa shape index (κ1) is 9.58. The van der Waals surface area contributed by atoms with Gasteiger partial charge in [0.25, 0.3) is 0 Å². The maximum absolute atomic E-state index is 10.4. The third-order valence-electron chi connectivity index (χ3n) is 2.09. The van der Waals surface area contributed by atoms with E-state index in [0.717, 1.165) is 11.1 Å². The van der Waals surface area contributed by atoms with E-state index in [2.05, 4.69) is 0 Å². The van der Waals surface area contributed by atoms with Crippen LogP contribution < -0.4 is 5.73 Å². The summed E-state index contributed by atoms with van der Waals surface area (Å²) >= 11 is 0. The van der Waals surface area contributed by atoms with E-state index < -0.39 is 6.09 Å². The van der Waals surface area contributed by atoms with Gasteiger partial charge in [-0.3, -0.25) is 0 Å². The van der Waals surface area contributed by atoms with Gasteiger partial charge in [0, 0.05) is 0 Å². The van der Waals surface area contributed by atoms with Gasteiger partial charge in [0.05, 0.1) is 0 Å². The highest BCUT2D eigenvalue weighted by Crippen LogP contribution is 2.13. The zero-order chi connectivity index (χ0) is 9.84. The monoisotopic (exact) mass is 179 g/mol. The van der Waals surface area contributed by atoms with Crippen molar-refractivity contribution in [2.45, 2.75) is 20.5 Å². The Labute approximate surface area is 77.5 Å². The van der Waals surface area contributed by atoms with Gasteiger partial charge in [0.15, 0.2) is 0 Å². The maximum atomic E-state index is 10.4. The molecule has 0 saturated heterocycles. The van der Waals surface area contributed by atoms with Crippen LogP contribution in [-0.4, -0.2) is 6.09 Å². The van der Waals surface area contributed by atoms with E-state index in [0.29, 0.717) is 0 Å². The van der Waals surface area contributed by atoms with E-state index in [1.54, 1.807) is 0 Å². The van der Waals surface area contributed by atoms with Crippen molar-refractivity contribution in [3.05, 3.63) is 34.9 Å². The Morgan fingerprint density at radius 2 is 2.15 bits per heavy atom. The van der Waals surface area contributed by atoms with Gasteiger partial charge in [-0.1, -0.05) is 18.2 Å². The fraction of sp³-hybridized carbons (Fsp3) is 0.300. The second-order valence-electron chi connectivity index (χ2n) is 2.97. The predicted octanol–water partition coefficient (Wildman–Crippen LogP) is 1.90. The first-order chi connectivity index (χ1) is 6.11. The molecule has 70 valence electrons. The van der Waals surface area contributed by atoms with Crippen LogP contribution in [0.4, 0.5) is 4.79 Å². The molecule has 2 N–H and O–H groups in total. The number of nitrogens with two attached hydrogens (primary N) is 1. The molecule has 1 aromatic carbocycles. The highest BCUT2D eigenvalue weighted by atomic mass is 16.5. The van der Waals surface area contributed by atoms with Gasteiger partial charge in [-0.15, -0.1) is 0 Å². The zero-order valence-electron chi connectivity index (χ0n) is 7.83. The van der Waals surface area contributed by atoms with Crippen molar-refractivity contribution in [1.82, 2.24) is 0 Å². The molecule has 0 fully saturated rings. The average molecular weight is 179 g/mol. The van der Waals surface area contributed by atoms with E-state index in [-0.39, 0.29) is 6.61 Å². The summed E-state index contributed by atoms with van der Waals surface area (Å²) in [6.45, 7) is 4.26. The predicted molar refractivity (Wildman–Crippen MR) is 50.3 cm³/mol. The molecule has 0 spiro atoms. The minimum absolute atomic E-state index is 0.253. The van der Waals surface area contributed by atoms with E-state index in [1.807, 2.05) is 32.0 Å². The van der Waals surface area contributed by atoms with Crippen LogP contribution >= 0.6 is 0 Å². The van der Waals surface area contributed by atoms with Gasteiger partial charge in [-0.05, 0) is 30.5 Å². The molecule has 3 heteroatoms. The van der Waals surface area contributed by atoms with Crippen LogP contribution in [0.1, 0.15) is 16.7 Å². The molecule has 0 unspecified atom stereocenters.